The van der Waals surface area contributed by atoms with E-state index in [1.165, 1.54) is 17.4 Å². The molecule has 0 atom stereocenters. The van der Waals surface area contributed by atoms with Crippen LogP contribution in [-0.2, 0) is 0 Å². The molecule has 0 fully saturated rings. The third kappa shape index (κ3) is 5.45. The fraction of sp³-hybridized carbons (Fsp3) is 0.222. The van der Waals surface area contributed by atoms with Gasteiger partial charge in [-0.05, 0) is 51.1 Å². The van der Waals surface area contributed by atoms with Crippen LogP contribution in [0.4, 0.5) is 9.93 Å². The molecule has 150 valence electrons. The van der Waals surface area contributed by atoms with Gasteiger partial charge in [-0.15, -0.1) is 5.10 Å². The molecule has 0 spiro atoms. The number of H-pyrrole nitrogens is 1. The summed E-state index contributed by atoms with van der Waals surface area (Å²) in [6.45, 7) is 5.64. The highest BCUT2D eigenvalue weighted by molar-refractivity contribution is 7.22. The number of carboxylic acid groups (broad SMARTS) is 1. The van der Waals surface area contributed by atoms with Crippen LogP contribution >= 0.6 is 11.3 Å². The maximum absolute atomic E-state index is 11.7. The fourth-order valence-corrected chi connectivity index (χ4v) is 3.17. The van der Waals surface area contributed by atoms with Gasteiger partial charge in [-0.1, -0.05) is 11.3 Å². The maximum Gasteiger partial charge on any atom is 0.335 e. The van der Waals surface area contributed by atoms with Gasteiger partial charge in [0.2, 0.25) is 5.65 Å². The number of carbonyl (C=O) groups is 2. The fourth-order valence-electron chi connectivity index (χ4n) is 2.27. The first-order chi connectivity index (χ1) is 13.7. The van der Waals surface area contributed by atoms with Gasteiger partial charge in [0.1, 0.15) is 5.52 Å². The summed E-state index contributed by atoms with van der Waals surface area (Å²) in [5, 5.41) is 24.8. The first kappa shape index (κ1) is 20.1. The van der Waals surface area contributed by atoms with Gasteiger partial charge >= 0.3 is 12.0 Å². The molecular weight excluding hydrogens is 394 g/mol. The average Bonchev–Trinajstić information content (AvgIpc) is 3.25. The minimum absolute atomic E-state index is 0.201. The Bertz CT molecular complexity index is 1130. The second-order valence-electron chi connectivity index (χ2n) is 7.01. The Hall–Kier alpha value is -3.60. The number of aromatic nitrogens is 5. The van der Waals surface area contributed by atoms with Gasteiger partial charge in [0.25, 0.3) is 0 Å². The highest BCUT2D eigenvalue weighted by Gasteiger charge is 2.15. The second kappa shape index (κ2) is 8.19. The van der Waals surface area contributed by atoms with E-state index in [1.807, 2.05) is 32.9 Å². The van der Waals surface area contributed by atoms with Crippen molar-refractivity contribution in [2.75, 3.05) is 5.32 Å². The number of aromatic amines is 1. The number of nitrogens with zero attached hydrogens (tertiary/aromatic N) is 4. The van der Waals surface area contributed by atoms with Crippen molar-refractivity contribution in [1.82, 2.24) is 30.7 Å². The summed E-state index contributed by atoms with van der Waals surface area (Å²) in [5.41, 5.74) is 1.99. The lowest BCUT2D eigenvalue weighted by atomic mass is 10.1. The number of nitrogens with one attached hydrogen (secondary N) is 3. The zero-order chi connectivity index (χ0) is 21.0. The van der Waals surface area contributed by atoms with Crippen molar-refractivity contribution in [3.8, 4) is 0 Å². The molecule has 0 aliphatic rings. The van der Waals surface area contributed by atoms with E-state index >= 15 is 0 Å². The van der Waals surface area contributed by atoms with E-state index in [4.69, 9.17) is 5.11 Å². The van der Waals surface area contributed by atoms with E-state index < -0.39 is 5.97 Å². The Morgan fingerprint density at radius 2 is 1.93 bits per heavy atom. The summed E-state index contributed by atoms with van der Waals surface area (Å²) >= 11 is 1.24. The Kier molecular flexibility index (Phi) is 5.69. The molecule has 0 aliphatic carbocycles. The van der Waals surface area contributed by atoms with Crippen LogP contribution < -0.4 is 10.6 Å². The smallest absolute Gasteiger partial charge is 0.335 e. The molecule has 0 saturated carbocycles. The van der Waals surface area contributed by atoms with Crippen LogP contribution in [0.1, 0.15) is 31.1 Å². The number of urea groups is 1. The molecule has 0 radical (unpaired) electrons. The lowest BCUT2D eigenvalue weighted by Gasteiger charge is -2.19. The van der Waals surface area contributed by atoms with Gasteiger partial charge in [0, 0.05) is 11.7 Å². The Balaban J connectivity index is 0.000000220. The summed E-state index contributed by atoms with van der Waals surface area (Å²) in [5.74, 6) is -0.986. The summed E-state index contributed by atoms with van der Waals surface area (Å²) in [7, 11) is 0. The zero-order valence-corrected chi connectivity index (χ0v) is 16.7. The topological polar surface area (TPSA) is 146 Å². The number of pyridine rings is 1. The molecule has 2 amide bonds. The van der Waals surface area contributed by atoms with Crippen molar-refractivity contribution in [2.45, 2.75) is 26.3 Å². The Labute approximate surface area is 169 Å². The molecule has 4 N–H and O–H groups in total. The van der Waals surface area contributed by atoms with Gasteiger partial charge in [-0.2, -0.15) is 10.3 Å². The number of carboxylic acids is 1. The third-order valence-electron chi connectivity index (χ3n) is 3.44. The quantitative estimate of drug-likeness (QED) is 0.394. The van der Waals surface area contributed by atoms with Gasteiger partial charge in [0.05, 0.1) is 15.8 Å². The number of benzene rings is 1. The number of hydrogen-bond donors (Lipinski definition) is 4. The van der Waals surface area contributed by atoms with Gasteiger partial charge < -0.3 is 10.4 Å². The van der Waals surface area contributed by atoms with Crippen LogP contribution in [0.5, 0.6) is 0 Å². The molecular formula is C18H19N7O3S. The number of rotatable bonds is 2. The molecule has 0 unspecified atom stereocenters. The van der Waals surface area contributed by atoms with Crippen LogP contribution in [-0.4, -0.2) is 48.0 Å². The summed E-state index contributed by atoms with van der Waals surface area (Å²) in [4.78, 5) is 30.8. The summed E-state index contributed by atoms with van der Waals surface area (Å²) in [6.07, 6.45) is 1.69. The first-order valence-corrected chi connectivity index (χ1v) is 9.37. The van der Waals surface area contributed by atoms with Gasteiger partial charge in [0.15, 0.2) is 5.13 Å². The highest BCUT2D eigenvalue weighted by Crippen LogP contribution is 2.26. The molecule has 4 rings (SSSR count). The molecule has 3 heterocycles. The first-order valence-electron chi connectivity index (χ1n) is 8.56. The molecule has 0 bridgehead atoms. The molecule has 4 aromatic rings. The van der Waals surface area contributed by atoms with Crippen molar-refractivity contribution in [1.29, 1.82) is 0 Å². The van der Waals surface area contributed by atoms with E-state index in [1.54, 1.807) is 18.3 Å². The van der Waals surface area contributed by atoms with Crippen molar-refractivity contribution in [2.24, 2.45) is 0 Å². The second-order valence-corrected chi connectivity index (χ2v) is 8.04. The lowest BCUT2D eigenvalue weighted by molar-refractivity contribution is 0.0697. The minimum Gasteiger partial charge on any atom is -0.478 e. The number of carbonyl (C=O) groups excluding carboxylic acids is 1. The third-order valence-corrected chi connectivity index (χ3v) is 4.37. The molecule has 29 heavy (non-hydrogen) atoms. The Morgan fingerprint density at radius 3 is 2.62 bits per heavy atom. The van der Waals surface area contributed by atoms with Crippen molar-refractivity contribution in [3.63, 3.8) is 0 Å². The number of anilines is 1. The average molecular weight is 413 g/mol. The molecule has 0 aliphatic heterocycles. The molecule has 10 nitrogen and oxygen atoms in total. The van der Waals surface area contributed by atoms with E-state index in [0.29, 0.717) is 16.3 Å². The lowest BCUT2D eigenvalue weighted by Crippen LogP contribution is -2.43. The number of amides is 2. The van der Waals surface area contributed by atoms with E-state index in [2.05, 4.69) is 36.0 Å². The zero-order valence-electron chi connectivity index (χ0n) is 15.9. The number of fused-ring (bicyclic) bond motifs is 2. The van der Waals surface area contributed by atoms with Crippen LogP contribution in [0.3, 0.4) is 0 Å². The van der Waals surface area contributed by atoms with E-state index in [0.717, 1.165) is 10.2 Å². The van der Waals surface area contributed by atoms with Gasteiger partial charge in [-0.3, -0.25) is 5.32 Å². The van der Waals surface area contributed by atoms with Crippen LogP contribution in [0.15, 0.2) is 36.5 Å². The predicted octanol–water partition coefficient (Wildman–Crippen LogP) is 3.27. The molecule has 11 heteroatoms. The molecule has 1 aromatic carbocycles. The van der Waals surface area contributed by atoms with Crippen LogP contribution in [0.25, 0.3) is 21.4 Å². The molecule has 3 aromatic heterocycles. The van der Waals surface area contributed by atoms with Gasteiger partial charge in [-0.25, -0.2) is 19.6 Å². The normalized spacial score (nSPS) is 11.0. The molecule has 0 saturated heterocycles. The van der Waals surface area contributed by atoms with Crippen molar-refractivity contribution >= 4 is 49.8 Å². The monoisotopic (exact) mass is 413 g/mol. The highest BCUT2D eigenvalue weighted by atomic mass is 32.1. The Morgan fingerprint density at radius 1 is 1.14 bits per heavy atom. The van der Waals surface area contributed by atoms with Crippen molar-refractivity contribution in [3.05, 3.63) is 42.1 Å². The number of aromatic carboxylic acids is 1. The number of thiazole rings is 1. The van der Waals surface area contributed by atoms with E-state index in [-0.39, 0.29) is 17.1 Å². The standard InChI is InChI=1S/C13H15N3O3S.C5H4N4/c1-13(2,3)16-11(19)15-12-14-8-5-4-7(10(17)18)6-9(8)20-12;1-2-4-5(6-3-1)8-9-7-4/h4-6H,1-3H3,(H,17,18)(H2,14,15,16,19);1-3H,(H,6,7,8,9). The predicted molar refractivity (Wildman–Crippen MR) is 110 cm³/mol. The summed E-state index contributed by atoms with van der Waals surface area (Å²) < 4.78 is 0.718. The SMILES string of the molecule is CC(C)(C)NC(=O)Nc1nc2ccc(C(=O)O)cc2s1.c1cnc2n[nH]nc2c1. The number of hydrogen-bond acceptors (Lipinski definition) is 7. The van der Waals surface area contributed by atoms with Crippen LogP contribution in [0, 0.1) is 0 Å². The van der Waals surface area contributed by atoms with Crippen molar-refractivity contribution < 1.29 is 14.7 Å². The van der Waals surface area contributed by atoms with E-state index in [9.17, 15) is 9.59 Å². The largest absolute Gasteiger partial charge is 0.478 e. The van der Waals surface area contributed by atoms with Crippen LogP contribution in [0.2, 0.25) is 0 Å². The minimum atomic E-state index is -0.986. The summed E-state index contributed by atoms with van der Waals surface area (Å²) in [6, 6.07) is 8.00. The maximum atomic E-state index is 11.7.